The first kappa shape index (κ1) is 15.4. The Balaban J connectivity index is 2.13. The zero-order chi connectivity index (χ0) is 15.1. The van der Waals surface area contributed by atoms with Crippen molar-refractivity contribution in [2.24, 2.45) is 0 Å². The zero-order valence-electron chi connectivity index (χ0n) is 13.3. The standard InChI is InChI=1S/C17H26N4/c1-4-7-12-18-17-19-13-14-21(17)16-10-8-15(9-11-16)20(5-2)6-3/h8-11,13-14H,4-7,12H2,1-3H3,(H,18,19). The average molecular weight is 286 g/mol. The van der Waals surface area contributed by atoms with E-state index in [0.717, 1.165) is 37.7 Å². The van der Waals surface area contributed by atoms with Crippen molar-refractivity contribution in [1.82, 2.24) is 9.55 Å². The molecule has 0 saturated carbocycles. The number of rotatable bonds is 8. The van der Waals surface area contributed by atoms with Crippen LogP contribution in [0.15, 0.2) is 36.7 Å². The average Bonchev–Trinajstić information content (AvgIpc) is 2.98. The summed E-state index contributed by atoms with van der Waals surface area (Å²) in [7, 11) is 0. The van der Waals surface area contributed by atoms with Crippen LogP contribution in [-0.2, 0) is 0 Å². The number of hydrogen-bond acceptors (Lipinski definition) is 3. The van der Waals surface area contributed by atoms with Gasteiger partial charge in [-0.25, -0.2) is 4.98 Å². The van der Waals surface area contributed by atoms with Crippen molar-refractivity contribution in [2.45, 2.75) is 33.6 Å². The fourth-order valence-electron chi connectivity index (χ4n) is 2.43. The number of benzene rings is 1. The Kier molecular flexibility index (Phi) is 5.67. The Morgan fingerprint density at radius 2 is 1.81 bits per heavy atom. The molecule has 0 bridgehead atoms. The van der Waals surface area contributed by atoms with Crippen LogP contribution in [0.4, 0.5) is 11.6 Å². The lowest BCUT2D eigenvalue weighted by Crippen LogP contribution is -2.21. The SMILES string of the molecule is CCCCNc1nccn1-c1ccc(N(CC)CC)cc1. The lowest BCUT2D eigenvalue weighted by atomic mass is 10.2. The van der Waals surface area contributed by atoms with Crippen molar-refractivity contribution in [2.75, 3.05) is 29.9 Å². The first-order valence-electron chi connectivity index (χ1n) is 7.92. The molecule has 1 heterocycles. The van der Waals surface area contributed by atoms with Gasteiger partial charge in [0.1, 0.15) is 0 Å². The summed E-state index contributed by atoms with van der Waals surface area (Å²) in [6.07, 6.45) is 6.19. The molecule has 2 aromatic rings. The molecule has 2 rings (SSSR count). The summed E-state index contributed by atoms with van der Waals surface area (Å²) in [4.78, 5) is 6.74. The Bertz CT molecular complexity index is 526. The van der Waals surface area contributed by atoms with Gasteiger partial charge in [0.2, 0.25) is 5.95 Å². The maximum absolute atomic E-state index is 4.40. The molecule has 0 aliphatic rings. The second kappa shape index (κ2) is 7.72. The van der Waals surface area contributed by atoms with Crippen LogP contribution < -0.4 is 10.2 Å². The van der Waals surface area contributed by atoms with Gasteiger partial charge in [-0.15, -0.1) is 0 Å². The van der Waals surface area contributed by atoms with Crippen LogP contribution in [0.5, 0.6) is 0 Å². The Morgan fingerprint density at radius 3 is 2.43 bits per heavy atom. The summed E-state index contributed by atoms with van der Waals surface area (Å²) < 4.78 is 2.10. The van der Waals surface area contributed by atoms with E-state index in [1.807, 2.05) is 12.4 Å². The van der Waals surface area contributed by atoms with Crippen LogP contribution in [0.3, 0.4) is 0 Å². The second-order valence-corrected chi connectivity index (χ2v) is 5.09. The molecule has 0 atom stereocenters. The molecule has 0 fully saturated rings. The second-order valence-electron chi connectivity index (χ2n) is 5.09. The molecule has 0 aliphatic carbocycles. The van der Waals surface area contributed by atoms with Crippen LogP contribution in [0.2, 0.25) is 0 Å². The van der Waals surface area contributed by atoms with Crippen molar-refractivity contribution in [3.63, 3.8) is 0 Å². The van der Waals surface area contributed by atoms with Crippen LogP contribution in [0.25, 0.3) is 5.69 Å². The third kappa shape index (κ3) is 3.78. The molecule has 0 aliphatic heterocycles. The Labute approximate surface area is 127 Å². The van der Waals surface area contributed by atoms with Gasteiger partial charge in [-0.3, -0.25) is 4.57 Å². The molecule has 114 valence electrons. The van der Waals surface area contributed by atoms with Gasteiger partial charge in [-0.1, -0.05) is 13.3 Å². The highest BCUT2D eigenvalue weighted by atomic mass is 15.2. The first-order chi connectivity index (χ1) is 10.3. The lowest BCUT2D eigenvalue weighted by Gasteiger charge is -2.21. The molecule has 4 nitrogen and oxygen atoms in total. The normalized spacial score (nSPS) is 10.6. The van der Waals surface area contributed by atoms with Crippen molar-refractivity contribution in [3.8, 4) is 5.69 Å². The van der Waals surface area contributed by atoms with Crippen LogP contribution >= 0.6 is 0 Å². The number of nitrogens with one attached hydrogen (secondary N) is 1. The zero-order valence-corrected chi connectivity index (χ0v) is 13.3. The fourth-order valence-corrected chi connectivity index (χ4v) is 2.43. The van der Waals surface area contributed by atoms with E-state index in [-0.39, 0.29) is 0 Å². The van der Waals surface area contributed by atoms with Crippen molar-refractivity contribution >= 4 is 11.6 Å². The molecular formula is C17H26N4. The van der Waals surface area contributed by atoms with Crippen molar-refractivity contribution in [3.05, 3.63) is 36.7 Å². The monoisotopic (exact) mass is 286 g/mol. The van der Waals surface area contributed by atoms with Gasteiger partial charge < -0.3 is 10.2 Å². The summed E-state index contributed by atoms with van der Waals surface area (Å²) >= 11 is 0. The minimum absolute atomic E-state index is 0.916. The van der Waals surface area contributed by atoms with E-state index in [1.165, 1.54) is 12.1 Å². The molecule has 0 radical (unpaired) electrons. The van der Waals surface area contributed by atoms with E-state index >= 15 is 0 Å². The summed E-state index contributed by atoms with van der Waals surface area (Å²) in [5, 5.41) is 3.39. The molecule has 1 N–H and O–H groups in total. The molecule has 21 heavy (non-hydrogen) atoms. The highest BCUT2D eigenvalue weighted by molar-refractivity contribution is 5.52. The minimum atomic E-state index is 0.916. The fraction of sp³-hybridized carbons (Fsp3) is 0.471. The lowest BCUT2D eigenvalue weighted by molar-refractivity contribution is 0.823. The smallest absolute Gasteiger partial charge is 0.207 e. The Hall–Kier alpha value is -1.97. The molecular weight excluding hydrogens is 260 g/mol. The van der Waals surface area contributed by atoms with E-state index in [2.05, 4.69) is 64.8 Å². The summed E-state index contributed by atoms with van der Waals surface area (Å²) in [6.45, 7) is 9.59. The maximum Gasteiger partial charge on any atom is 0.207 e. The first-order valence-corrected chi connectivity index (χ1v) is 7.92. The van der Waals surface area contributed by atoms with Gasteiger partial charge in [0, 0.05) is 43.4 Å². The molecule has 4 heteroatoms. The van der Waals surface area contributed by atoms with Crippen LogP contribution in [0, 0.1) is 0 Å². The number of hydrogen-bond donors (Lipinski definition) is 1. The molecule has 0 unspecified atom stereocenters. The number of nitrogens with zero attached hydrogens (tertiary/aromatic N) is 3. The predicted octanol–water partition coefficient (Wildman–Crippen LogP) is 3.93. The van der Waals surface area contributed by atoms with Gasteiger partial charge in [0.25, 0.3) is 0 Å². The van der Waals surface area contributed by atoms with Gasteiger partial charge in [0.15, 0.2) is 0 Å². The van der Waals surface area contributed by atoms with Gasteiger partial charge >= 0.3 is 0 Å². The Morgan fingerprint density at radius 1 is 1.10 bits per heavy atom. The largest absolute Gasteiger partial charge is 0.372 e. The minimum Gasteiger partial charge on any atom is -0.372 e. The van der Waals surface area contributed by atoms with E-state index < -0.39 is 0 Å². The van der Waals surface area contributed by atoms with Gasteiger partial charge in [-0.2, -0.15) is 0 Å². The highest BCUT2D eigenvalue weighted by Crippen LogP contribution is 2.19. The number of unbranched alkanes of at least 4 members (excludes halogenated alkanes) is 1. The van der Waals surface area contributed by atoms with Crippen LogP contribution in [-0.4, -0.2) is 29.2 Å². The number of imidazole rings is 1. The summed E-state index contributed by atoms with van der Waals surface area (Å²) in [6, 6.07) is 8.66. The van der Waals surface area contributed by atoms with E-state index in [9.17, 15) is 0 Å². The number of aromatic nitrogens is 2. The quantitative estimate of drug-likeness (QED) is 0.746. The van der Waals surface area contributed by atoms with Crippen molar-refractivity contribution in [1.29, 1.82) is 0 Å². The predicted molar refractivity (Wildman–Crippen MR) is 90.5 cm³/mol. The highest BCUT2D eigenvalue weighted by Gasteiger charge is 2.06. The molecule has 0 spiro atoms. The molecule has 0 amide bonds. The number of anilines is 2. The van der Waals surface area contributed by atoms with Crippen molar-refractivity contribution < 1.29 is 0 Å². The third-order valence-corrected chi connectivity index (χ3v) is 3.71. The maximum atomic E-state index is 4.40. The molecule has 1 aromatic heterocycles. The van der Waals surface area contributed by atoms with Crippen LogP contribution in [0.1, 0.15) is 33.6 Å². The van der Waals surface area contributed by atoms with E-state index in [1.54, 1.807) is 0 Å². The van der Waals surface area contributed by atoms with E-state index in [4.69, 9.17) is 0 Å². The van der Waals surface area contributed by atoms with E-state index in [0.29, 0.717) is 0 Å². The van der Waals surface area contributed by atoms with Gasteiger partial charge in [-0.05, 0) is 44.5 Å². The molecule has 0 saturated heterocycles. The summed E-state index contributed by atoms with van der Waals surface area (Å²) in [5.41, 5.74) is 2.41. The van der Waals surface area contributed by atoms with Gasteiger partial charge in [0.05, 0.1) is 0 Å². The third-order valence-electron chi connectivity index (χ3n) is 3.71. The topological polar surface area (TPSA) is 33.1 Å². The summed E-state index contributed by atoms with van der Waals surface area (Å²) in [5.74, 6) is 0.916. The molecule has 1 aromatic carbocycles.